The summed E-state index contributed by atoms with van der Waals surface area (Å²) in [7, 11) is 0. The lowest BCUT2D eigenvalue weighted by Gasteiger charge is -2.36. The summed E-state index contributed by atoms with van der Waals surface area (Å²) < 4.78 is 0. The van der Waals surface area contributed by atoms with E-state index >= 15 is 0 Å². The predicted molar refractivity (Wildman–Crippen MR) is 92.9 cm³/mol. The highest BCUT2D eigenvalue weighted by Gasteiger charge is 2.18. The minimum Gasteiger partial charge on any atom is -0.368 e. The Kier molecular flexibility index (Phi) is 3.67. The van der Waals surface area contributed by atoms with Crippen LogP contribution in [0.25, 0.3) is 10.9 Å². The van der Waals surface area contributed by atoms with Crippen LogP contribution in [0.2, 0.25) is 0 Å². The van der Waals surface area contributed by atoms with E-state index in [0.29, 0.717) is 5.56 Å². The van der Waals surface area contributed by atoms with Crippen molar-refractivity contribution in [3.05, 3.63) is 54.6 Å². The molecule has 4 rings (SSSR count). The molecular formula is C18H16N6. The second kappa shape index (κ2) is 6.13. The van der Waals surface area contributed by atoms with Crippen LogP contribution < -0.4 is 9.80 Å². The molecule has 1 fully saturated rings. The number of aromatic nitrogens is 3. The maximum Gasteiger partial charge on any atom is 0.128 e. The number of nitrogens with zero attached hydrogens (tertiary/aromatic N) is 6. The first kappa shape index (κ1) is 14.4. The van der Waals surface area contributed by atoms with Crippen LogP contribution in [0, 0.1) is 11.3 Å². The minimum absolute atomic E-state index is 0.593. The third-order valence-electron chi connectivity index (χ3n) is 4.33. The molecule has 6 heteroatoms. The standard InChI is InChI=1S/C18H16N6/c19-10-14-1-4-18(21-11-14)24-7-5-23(6-8-24)16-2-3-17-15(9-16)12-20-13-22-17/h1-4,9,11-13H,5-8H2. The normalized spacial score (nSPS) is 14.6. The summed E-state index contributed by atoms with van der Waals surface area (Å²) in [4.78, 5) is 17.4. The molecular weight excluding hydrogens is 300 g/mol. The number of piperazine rings is 1. The smallest absolute Gasteiger partial charge is 0.128 e. The second-order valence-corrected chi connectivity index (χ2v) is 5.76. The molecule has 24 heavy (non-hydrogen) atoms. The summed E-state index contributed by atoms with van der Waals surface area (Å²) in [6, 6.07) is 12.1. The molecule has 2 aromatic heterocycles. The molecule has 0 atom stereocenters. The summed E-state index contributed by atoms with van der Waals surface area (Å²) in [5, 5.41) is 9.92. The van der Waals surface area contributed by atoms with Gasteiger partial charge in [0.25, 0.3) is 0 Å². The summed E-state index contributed by atoms with van der Waals surface area (Å²) in [5.74, 6) is 0.931. The van der Waals surface area contributed by atoms with Crippen LogP contribution in [0.15, 0.2) is 49.1 Å². The molecule has 0 saturated carbocycles. The number of benzene rings is 1. The molecule has 0 unspecified atom stereocenters. The average Bonchev–Trinajstić information content (AvgIpc) is 2.68. The van der Waals surface area contributed by atoms with Crippen molar-refractivity contribution in [2.75, 3.05) is 36.0 Å². The number of hydrogen-bond acceptors (Lipinski definition) is 6. The third kappa shape index (κ3) is 2.72. The third-order valence-corrected chi connectivity index (χ3v) is 4.33. The fourth-order valence-electron chi connectivity index (χ4n) is 3.00. The van der Waals surface area contributed by atoms with E-state index in [2.05, 4.69) is 43.0 Å². The molecule has 0 spiro atoms. The predicted octanol–water partition coefficient (Wildman–Crippen LogP) is 2.22. The van der Waals surface area contributed by atoms with E-state index in [1.165, 1.54) is 5.69 Å². The maximum atomic E-state index is 8.86. The van der Waals surface area contributed by atoms with Gasteiger partial charge in [0.2, 0.25) is 0 Å². The SMILES string of the molecule is N#Cc1ccc(N2CCN(c3ccc4ncncc4c3)CC2)nc1. The quantitative estimate of drug-likeness (QED) is 0.722. The van der Waals surface area contributed by atoms with Crippen LogP contribution in [0.1, 0.15) is 5.56 Å². The van der Waals surface area contributed by atoms with Crippen molar-refractivity contribution in [3.63, 3.8) is 0 Å². The van der Waals surface area contributed by atoms with E-state index in [1.807, 2.05) is 24.4 Å². The number of hydrogen-bond donors (Lipinski definition) is 0. The van der Waals surface area contributed by atoms with Crippen LogP contribution in [0.4, 0.5) is 11.5 Å². The maximum absolute atomic E-state index is 8.86. The van der Waals surface area contributed by atoms with Crippen molar-refractivity contribution in [1.29, 1.82) is 5.26 Å². The molecule has 1 saturated heterocycles. The Hall–Kier alpha value is -3.20. The van der Waals surface area contributed by atoms with E-state index in [0.717, 1.165) is 42.9 Å². The molecule has 1 aromatic carbocycles. The van der Waals surface area contributed by atoms with Crippen molar-refractivity contribution in [1.82, 2.24) is 15.0 Å². The first-order valence-corrected chi connectivity index (χ1v) is 7.89. The van der Waals surface area contributed by atoms with Gasteiger partial charge in [-0.2, -0.15) is 5.26 Å². The van der Waals surface area contributed by atoms with Crippen molar-refractivity contribution in [3.8, 4) is 6.07 Å². The van der Waals surface area contributed by atoms with Gasteiger partial charge in [-0.25, -0.2) is 15.0 Å². The molecule has 0 aliphatic carbocycles. The molecule has 0 radical (unpaired) electrons. The van der Waals surface area contributed by atoms with E-state index in [-0.39, 0.29) is 0 Å². The van der Waals surface area contributed by atoms with Crippen LogP contribution in [-0.2, 0) is 0 Å². The van der Waals surface area contributed by atoms with E-state index < -0.39 is 0 Å². The summed E-state index contributed by atoms with van der Waals surface area (Å²) in [6.07, 6.45) is 5.05. The van der Waals surface area contributed by atoms with Crippen LogP contribution in [0.3, 0.4) is 0 Å². The van der Waals surface area contributed by atoms with Gasteiger partial charge in [0.1, 0.15) is 18.2 Å². The van der Waals surface area contributed by atoms with Gasteiger partial charge in [0.05, 0.1) is 11.1 Å². The number of nitriles is 1. The monoisotopic (exact) mass is 316 g/mol. The lowest BCUT2D eigenvalue weighted by Crippen LogP contribution is -2.46. The number of fused-ring (bicyclic) bond motifs is 1. The average molecular weight is 316 g/mol. The van der Waals surface area contributed by atoms with E-state index in [4.69, 9.17) is 5.26 Å². The Morgan fingerprint density at radius 3 is 2.50 bits per heavy atom. The zero-order chi connectivity index (χ0) is 16.4. The Morgan fingerprint density at radius 2 is 1.75 bits per heavy atom. The Labute approximate surface area is 140 Å². The second-order valence-electron chi connectivity index (χ2n) is 5.76. The first-order valence-electron chi connectivity index (χ1n) is 7.89. The van der Waals surface area contributed by atoms with Crippen LogP contribution in [0.5, 0.6) is 0 Å². The molecule has 0 N–H and O–H groups in total. The zero-order valence-corrected chi connectivity index (χ0v) is 13.1. The molecule has 118 valence electrons. The van der Waals surface area contributed by atoms with Crippen LogP contribution >= 0.6 is 0 Å². The van der Waals surface area contributed by atoms with E-state index in [9.17, 15) is 0 Å². The van der Waals surface area contributed by atoms with Gasteiger partial charge in [-0.3, -0.25) is 0 Å². The summed E-state index contributed by atoms with van der Waals surface area (Å²) in [5.41, 5.74) is 2.76. The summed E-state index contributed by atoms with van der Waals surface area (Å²) in [6.45, 7) is 3.67. The Bertz CT molecular complexity index is 891. The highest BCUT2D eigenvalue weighted by molar-refractivity contribution is 5.81. The van der Waals surface area contributed by atoms with E-state index in [1.54, 1.807) is 12.5 Å². The molecule has 1 aliphatic heterocycles. The van der Waals surface area contributed by atoms with Gasteiger partial charge in [-0.15, -0.1) is 0 Å². The lowest BCUT2D eigenvalue weighted by molar-refractivity contribution is 0.647. The molecule has 1 aliphatic rings. The molecule has 3 heterocycles. The first-order chi connectivity index (χ1) is 11.8. The van der Waals surface area contributed by atoms with Crippen molar-refractivity contribution in [2.45, 2.75) is 0 Å². The van der Waals surface area contributed by atoms with Gasteiger partial charge in [-0.05, 0) is 30.3 Å². The van der Waals surface area contributed by atoms with Crippen LogP contribution in [-0.4, -0.2) is 41.1 Å². The fraction of sp³-hybridized carbons (Fsp3) is 0.222. The molecule has 6 nitrogen and oxygen atoms in total. The summed E-state index contributed by atoms with van der Waals surface area (Å²) >= 11 is 0. The largest absolute Gasteiger partial charge is 0.368 e. The molecule has 0 amide bonds. The zero-order valence-electron chi connectivity index (χ0n) is 13.1. The Morgan fingerprint density at radius 1 is 0.917 bits per heavy atom. The van der Waals surface area contributed by atoms with Gasteiger partial charge < -0.3 is 9.80 Å². The number of pyridine rings is 1. The minimum atomic E-state index is 0.593. The molecule has 3 aromatic rings. The van der Waals surface area contributed by atoms with Gasteiger partial charge in [-0.1, -0.05) is 0 Å². The fourth-order valence-corrected chi connectivity index (χ4v) is 3.00. The Balaban J connectivity index is 1.47. The van der Waals surface area contributed by atoms with Gasteiger partial charge >= 0.3 is 0 Å². The van der Waals surface area contributed by atoms with Crippen molar-refractivity contribution >= 4 is 22.4 Å². The lowest BCUT2D eigenvalue weighted by atomic mass is 10.2. The molecule has 0 bridgehead atoms. The topological polar surface area (TPSA) is 68.9 Å². The van der Waals surface area contributed by atoms with Crippen molar-refractivity contribution in [2.24, 2.45) is 0 Å². The van der Waals surface area contributed by atoms with Gasteiger partial charge in [0.15, 0.2) is 0 Å². The van der Waals surface area contributed by atoms with Gasteiger partial charge in [0, 0.05) is 49.6 Å². The highest BCUT2D eigenvalue weighted by atomic mass is 15.3. The number of anilines is 2. The number of rotatable bonds is 2. The van der Waals surface area contributed by atoms with Crippen molar-refractivity contribution < 1.29 is 0 Å². The highest BCUT2D eigenvalue weighted by Crippen LogP contribution is 2.22.